The molecule has 3 N–H and O–H groups in total. The van der Waals surface area contributed by atoms with Gasteiger partial charge in [-0.15, -0.1) is 0 Å². The summed E-state index contributed by atoms with van der Waals surface area (Å²) < 4.78 is 11.0. The minimum Gasteiger partial charge on any atom is -0.497 e. The molecule has 9 heteroatoms. The number of urea groups is 1. The van der Waals surface area contributed by atoms with E-state index in [0.29, 0.717) is 35.7 Å². The maximum Gasteiger partial charge on any atom is 0.326 e. The lowest BCUT2D eigenvalue weighted by atomic mass is 9.94. The molecule has 0 spiro atoms. The van der Waals surface area contributed by atoms with E-state index in [9.17, 15) is 14.7 Å². The normalized spacial score (nSPS) is 15.9. The SMILES string of the molecule is COc1ccc(OC)c([C@H]2c3nc[nH]c3CCN2C(=O)N[C@@H](Cc2ccccc2)C(=O)O)c1. The average Bonchev–Trinajstić information content (AvgIpc) is 3.32. The molecule has 0 saturated heterocycles. The number of ether oxygens (including phenoxy) is 2. The number of H-pyrrole nitrogens is 1. The molecule has 0 unspecified atom stereocenters. The molecule has 2 heterocycles. The molecule has 2 amide bonds. The Kier molecular flexibility index (Phi) is 6.48. The molecular weight excluding hydrogens is 424 g/mol. The number of rotatable bonds is 7. The molecule has 2 atom stereocenters. The summed E-state index contributed by atoms with van der Waals surface area (Å²) in [6.45, 7) is 0.379. The minimum atomic E-state index is -1.10. The predicted molar refractivity (Wildman–Crippen MR) is 120 cm³/mol. The van der Waals surface area contributed by atoms with Crippen molar-refractivity contribution < 1.29 is 24.2 Å². The topological polar surface area (TPSA) is 117 Å². The number of carbonyl (C=O) groups excluding carboxylic acids is 1. The first-order valence-electron chi connectivity index (χ1n) is 10.6. The Hall–Kier alpha value is -4.01. The number of carboxylic acids is 1. The molecule has 0 fully saturated rings. The van der Waals surface area contributed by atoms with Crippen LogP contribution in [0, 0.1) is 0 Å². The Morgan fingerprint density at radius 1 is 1.21 bits per heavy atom. The number of hydrogen-bond donors (Lipinski definition) is 3. The van der Waals surface area contributed by atoms with Gasteiger partial charge >= 0.3 is 12.0 Å². The van der Waals surface area contributed by atoms with Gasteiger partial charge in [-0.3, -0.25) is 0 Å². The van der Waals surface area contributed by atoms with Gasteiger partial charge in [0.1, 0.15) is 23.6 Å². The molecule has 1 aliphatic rings. The Balaban J connectivity index is 1.67. The number of nitrogens with one attached hydrogen (secondary N) is 2. The number of benzene rings is 2. The van der Waals surface area contributed by atoms with Crippen LogP contribution in [0.3, 0.4) is 0 Å². The second kappa shape index (κ2) is 9.64. The molecule has 0 radical (unpaired) electrons. The molecule has 0 saturated carbocycles. The molecule has 1 aliphatic heterocycles. The van der Waals surface area contributed by atoms with Gasteiger partial charge in [0.05, 0.1) is 26.2 Å². The van der Waals surface area contributed by atoms with Crippen molar-refractivity contribution in [3.8, 4) is 11.5 Å². The summed E-state index contributed by atoms with van der Waals surface area (Å²) in [4.78, 5) is 34.5. The standard InChI is InChI=1S/C24H26N4O5/c1-32-16-8-9-20(33-2)17(13-16)22-21-18(25-14-26-21)10-11-28(22)24(31)27-19(23(29)30)12-15-6-4-3-5-7-15/h3-9,13-14,19,22H,10-12H2,1-2H3,(H,25,26)(H,27,31)(H,29,30)/t19-,22-/m0/s1. The smallest absolute Gasteiger partial charge is 0.326 e. The first-order valence-corrected chi connectivity index (χ1v) is 10.6. The van der Waals surface area contributed by atoms with Crippen molar-refractivity contribution >= 4 is 12.0 Å². The summed E-state index contributed by atoms with van der Waals surface area (Å²) in [6, 6.07) is 12.4. The third kappa shape index (κ3) is 4.62. The largest absolute Gasteiger partial charge is 0.497 e. The van der Waals surface area contributed by atoms with E-state index in [1.54, 1.807) is 37.6 Å². The van der Waals surface area contributed by atoms with Gasteiger partial charge in [-0.1, -0.05) is 30.3 Å². The van der Waals surface area contributed by atoms with E-state index in [2.05, 4.69) is 15.3 Å². The van der Waals surface area contributed by atoms with Crippen LogP contribution >= 0.6 is 0 Å². The van der Waals surface area contributed by atoms with Crippen molar-refractivity contribution in [2.24, 2.45) is 0 Å². The number of imidazole rings is 1. The van der Waals surface area contributed by atoms with Crippen molar-refractivity contribution in [3.63, 3.8) is 0 Å². The summed E-state index contributed by atoms with van der Waals surface area (Å²) in [5, 5.41) is 12.5. The highest BCUT2D eigenvalue weighted by Gasteiger charge is 2.37. The van der Waals surface area contributed by atoms with Crippen molar-refractivity contribution in [1.82, 2.24) is 20.2 Å². The molecule has 4 rings (SSSR count). The van der Waals surface area contributed by atoms with Gasteiger partial charge in [-0.05, 0) is 23.8 Å². The molecule has 0 bridgehead atoms. The number of amides is 2. The summed E-state index contributed by atoms with van der Waals surface area (Å²) >= 11 is 0. The van der Waals surface area contributed by atoms with E-state index >= 15 is 0 Å². The summed E-state index contributed by atoms with van der Waals surface area (Å²) in [5.41, 5.74) is 3.14. The number of carboxylic acid groups (broad SMARTS) is 1. The second-order valence-electron chi connectivity index (χ2n) is 7.75. The van der Waals surface area contributed by atoms with Crippen molar-refractivity contribution in [1.29, 1.82) is 0 Å². The van der Waals surface area contributed by atoms with Gasteiger partial charge in [0.2, 0.25) is 0 Å². The summed E-state index contributed by atoms with van der Waals surface area (Å²) in [7, 11) is 3.13. The third-order valence-corrected chi connectivity index (χ3v) is 5.80. The second-order valence-corrected chi connectivity index (χ2v) is 7.75. The number of methoxy groups -OCH3 is 2. The Labute approximate surface area is 191 Å². The highest BCUT2D eigenvalue weighted by Crippen LogP contribution is 2.39. The summed E-state index contributed by atoms with van der Waals surface area (Å²) in [6.07, 6.45) is 2.35. The Bertz CT molecular complexity index is 1130. The number of aromatic amines is 1. The highest BCUT2D eigenvalue weighted by atomic mass is 16.5. The number of aliphatic carboxylic acids is 1. The van der Waals surface area contributed by atoms with Crippen LogP contribution < -0.4 is 14.8 Å². The summed E-state index contributed by atoms with van der Waals surface area (Å²) in [5.74, 6) is 0.0926. The van der Waals surface area contributed by atoms with E-state index in [4.69, 9.17) is 9.47 Å². The fourth-order valence-electron chi connectivity index (χ4n) is 4.15. The van der Waals surface area contributed by atoms with Gasteiger partial charge in [0.15, 0.2) is 0 Å². The highest BCUT2D eigenvalue weighted by molar-refractivity contribution is 5.83. The molecule has 0 aliphatic carbocycles. The van der Waals surface area contributed by atoms with Crippen LogP contribution in [0.25, 0.3) is 0 Å². The van der Waals surface area contributed by atoms with E-state index in [-0.39, 0.29) is 6.42 Å². The van der Waals surface area contributed by atoms with Crippen molar-refractivity contribution in [3.05, 3.63) is 77.4 Å². The zero-order valence-electron chi connectivity index (χ0n) is 18.4. The minimum absolute atomic E-state index is 0.177. The molecule has 3 aromatic rings. The van der Waals surface area contributed by atoms with E-state index in [1.165, 1.54) is 0 Å². The Morgan fingerprint density at radius 3 is 2.70 bits per heavy atom. The van der Waals surface area contributed by atoms with Crippen LogP contribution in [0.5, 0.6) is 11.5 Å². The van der Waals surface area contributed by atoms with Crippen molar-refractivity contribution in [2.45, 2.75) is 24.9 Å². The van der Waals surface area contributed by atoms with Crippen LogP contribution in [-0.2, 0) is 17.6 Å². The van der Waals surface area contributed by atoms with Crippen LogP contribution in [0.2, 0.25) is 0 Å². The number of carbonyl (C=O) groups is 2. The first kappa shape index (κ1) is 22.2. The maximum absolute atomic E-state index is 13.4. The predicted octanol–water partition coefficient (Wildman–Crippen LogP) is 2.78. The average molecular weight is 450 g/mol. The number of fused-ring (bicyclic) bond motifs is 1. The van der Waals surface area contributed by atoms with Crippen LogP contribution in [-0.4, -0.2) is 58.8 Å². The van der Waals surface area contributed by atoms with Crippen LogP contribution in [0.1, 0.15) is 28.6 Å². The monoisotopic (exact) mass is 450 g/mol. The van der Waals surface area contributed by atoms with Crippen LogP contribution in [0.15, 0.2) is 54.9 Å². The third-order valence-electron chi connectivity index (χ3n) is 5.80. The lowest BCUT2D eigenvalue weighted by molar-refractivity contribution is -0.139. The first-order chi connectivity index (χ1) is 16.0. The van der Waals surface area contributed by atoms with Gasteiger partial charge in [-0.2, -0.15) is 0 Å². The molecule has 2 aromatic carbocycles. The maximum atomic E-state index is 13.4. The van der Waals surface area contributed by atoms with Gasteiger partial charge in [0.25, 0.3) is 0 Å². The zero-order valence-corrected chi connectivity index (χ0v) is 18.4. The van der Waals surface area contributed by atoms with E-state index < -0.39 is 24.1 Å². The number of hydrogen-bond acceptors (Lipinski definition) is 5. The molecule has 33 heavy (non-hydrogen) atoms. The van der Waals surface area contributed by atoms with E-state index in [0.717, 1.165) is 11.3 Å². The van der Waals surface area contributed by atoms with Crippen LogP contribution in [0.4, 0.5) is 4.79 Å². The molecule has 172 valence electrons. The van der Waals surface area contributed by atoms with E-state index in [1.807, 2.05) is 36.4 Å². The quantitative estimate of drug-likeness (QED) is 0.510. The van der Waals surface area contributed by atoms with Gasteiger partial charge in [-0.25, -0.2) is 14.6 Å². The fourth-order valence-corrected chi connectivity index (χ4v) is 4.15. The lowest BCUT2D eigenvalue weighted by Crippen LogP contribution is -2.51. The zero-order chi connectivity index (χ0) is 23.4. The Morgan fingerprint density at radius 2 is 2.00 bits per heavy atom. The fraction of sp³-hybridized carbons (Fsp3) is 0.292. The lowest BCUT2D eigenvalue weighted by Gasteiger charge is -2.36. The molecular formula is C24H26N4O5. The van der Waals surface area contributed by atoms with Gasteiger partial charge < -0.3 is 29.8 Å². The van der Waals surface area contributed by atoms with Crippen molar-refractivity contribution in [2.75, 3.05) is 20.8 Å². The van der Waals surface area contributed by atoms with Gasteiger partial charge in [0, 0.05) is 30.6 Å². The molecule has 1 aromatic heterocycles. The number of nitrogens with zero attached hydrogens (tertiary/aromatic N) is 2. The molecule has 9 nitrogen and oxygen atoms in total. The number of aromatic nitrogens is 2.